The highest BCUT2D eigenvalue weighted by Crippen LogP contribution is 2.32. The van der Waals surface area contributed by atoms with Crippen LogP contribution in [0, 0.1) is 13.8 Å². The van der Waals surface area contributed by atoms with Crippen LogP contribution in [0.25, 0.3) is 6.08 Å². The summed E-state index contributed by atoms with van der Waals surface area (Å²) in [5.41, 5.74) is 2.65. The average molecular weight is 467 g/mol. The van der Waals surface area contributed by atoms with Gasteiger partial charge in [0.05, 0.1) is 13.2 Å². The van der Waals surface area contributed by atoms with Crippen molar-refractivity contribution in [2.45, 2.75) is 58.8 Å². The van der Waals surface area contributed by atoms with Gasteiger partial charge in [-0.2, -0.15) is 4.31 Å². The van der Waals surface area contributed by atoms with Crippen molar-refractivity contribution < 1.29 is 27.4 Å². The molecule has 0 N–H and O–H groups in total. The van der Waals surface area contributed by atoms with Crippen LogP contribution in [0.5, 0.6) is 0 Å². The first kappa shape index (κ1) is 24.7. The summed E-state index contributed by atoms with van der Waals surface area (Å²) in [5.74, 6) is -0.612. The van der Waals surface area contributed by atoms with E-state index in [0.717, 1.165) is 16.7 Å². The Morgan fingerprint density at radius 1 is 1.12 bits per heavy atom. The molecule has 2 saturated heterocycles. The van der Waals surface area contributed by atoms with Crippen LogP contribution >= 0.6 is 0 Å². The Labute approximate surface area is 191 Å². The van der Waals surface area contributed by atoms with Crippen molar-refractivity contribution in [3.8, 4) is 0 Å². The van der Waals surface area contributed by atoms with Crippen molar-refractivity contribution in [2.75, 3.05) is 38.3 Å². The zero-order chi connectivity index (χ0) is 23.7. The predicted molar refractivity (Wildman–Crippen MR) is 124 cm³/mol. The number of nitrogens with zero attached hydrogens (tertiary/aromatic N) is 2. The number of hydrogen-bond donors (Lipinski definition) is 0. The van der Waals surface area contributed by atoms with E-state index in [-0.39, 0.29) is 0 Å². The maximum Gasteiger partial charge on any atom is 0.414 e. The lowest BCUT2D eigenvalue weighted by molar-refractivity contribution is -0.179. The van der Waals surface area contributed by atoms with E-state index < -0.39 is 27.5 Å². The molecule has 2 aliphatic rings. The molecule has 9 heteroatoms. The van der Waals surface area contributed by atoms with E-state index in [4.69, 9.17) is 14.2 Å². The summed E-state index contributed by atoms with van der Waals surface area (Å²) in [6.45, 7) is 11.1. The van der Waals surface area contributed by atoms with Gasteiger partial charge in [-0.3, -0.25) is 4.90 Å². The third-order valence-electron chi connectivity index (χ3n) is 5.70. The quantitative estimate of drug-likeness (QED) is 0.671. The molecule has 32 heavy (non-hydrogen) atoms. The molecule has 0 saturated carbocycles. The molecular weight excluding hydrogens is 432 g/mol. The number of carbonyl (C=O) groups is 1. The Hall–Kier alpha value is -1.94. The fourth-order valence-electron chi connectivity index (χ4n) is 3.95. The molecule has 3 rings (SSSR count). The molecule has 2 aliphatic heterocycles. The average Bonchev–Trinajstić information content (AvgIpc) is 3.13. The second-order valence-corrected chi connectivity index (χ2v) is 11.2. The molecule has 0 aliphatic carbocycles. The number of rotatable bonds is 4. The minimum atomic E-state index is -3.56. The largest absolute Gasteiger partial charge is 0.443 e. The van der Waals surface area contributed by atoms with Crippen molar-refractivity contribution in [2.24, 2.45) is 0 Å². The van der Waals surface area contributed by atoms with Gasteiger partial charge in [0, 0.05) is 44.1 Å². The SMILES string of the molecule is Cc1cc(N(C)C(=O)OC(C)(C)C)cc(C)c1C=CS(=O)(=O)N1CCC2(CC1)OCCO2. The number of sulfonamides is 1. The molecule has 1 aromatic rings. The van der Waals surface area contributed by atoms with Crippen LogP contribution < -0.4 is 4.90 Å². The Balaban J connectivity index is 1.72. The molecule has 0 unspecified atom stereocenters. The topological polar surface area (TPSA) is 85.4 Å². The van der Waals surface area contributed by atoms with Crippen LogP contribution in [-0.4, -0.2) is 63.6 Å². The molecule has 1 aromatic carbocycles. The Morgan fingerprint density at radius 2 is 1.66 bits per heavy atom. The van der Waals surface area contributed by atoms with Gasteiger partial charge >= 0.3 is 6.09 Å². The number of anilines is 1. The smallest absolute Gasteiger partial charge is 0.414 e. The molecule has 1 spiro atoms. The third kappa shape index (κ3) is 5.70. The molecule has 0 radical (unpaired) electrons. The second kappa shape index (κ2) is 9.13. The Bertz CT molecular complexity index is 957. The minimum Gasteiger partial charge on any atom is -0.443 e. The first-order valence-corrected chi connectivity index (χ1v) is 12.4. The highest BCUT2D eigenvalue weighted by atomic mass is 32.2. The maximum absolute atomic E-state index is 12.9. The van der Waals surface area contributed by atoms with Crippen LogP contribution in [0.1, 0.15) is 50.3 Å². The molecular formula is C23H34N2O6S. The van der Waals surface area contributed by atoms with Crippen LogP contribution in [-0.2, 0) is 24.2 Å². The molecule has 0 bridgehead atoms. The summed E-state index contributed by atoms with van der Waals surface area (Å²) in [4.78, 5) is 13.8. The van der Waals surface area contributed by atoms with Gasteiger partial charge in [0.25, 0.3) is 0 Å². The summed E-state index contributed by atoms with van der Waals surface area (Å²) in [7, 11) is -1.91. The monoisotopic (exact) mass is 466 g/mol. The van der Waals surface area contributed by atoms with E-state index in [2.05, 4.69) is 0 Å². The standard InChI is InChI=1S/C23H34N2O6S/c1-17-15-19(24(6)21(26)31-22(3,4)5)16-18(2)20(17)7-14-32(27,28)25-10-8-23(9-11-25)29-12-13-30-23/h7,14-16H,8-13H2,1-6H3. The van der Waals surface area contributed by atoms with Gasteiger partial charge in [0.2, 0.25) is 10.0 Å². The van der Waals surface area contributed by atoms with E-state index in [9.17, 15) is 13.2 Å². The fourth-order valence-corrected chi connectivity index (χ4v) is 5.12. The molecule has 2 fully saturated rings. The lowest BCUT2D eigenvalue weighted by Gasteiger charge is -2.36. The highest BCUT2D eigenvalue weighted by molar-refractivity contribution is 7.92. The van der Waals surface area contributed by atoms with E-state index in [1.54, 1.807) is 13.1 Å². The summed E-state index contributed by atoms with van der Waals surface area (Å²) in [6.07, 6.45) is 2.25. The van der Waals surface area contributed by atoms with Crippen molar-refractivity contribution in [1.29, 1.82) is 0 Å². The maximum atomic E-state index is 12.9. The van der Waals surface area contributed by atoms with Gasteiger partial charge in [-0.1, -0.05) is 0 Å². The molecule has 0 atom stereocenters. The summed E-state index contributed by atoms with van der Waals surface area (Å²) in [5, 5.41) is 1.26. The van der Waals surface area contributed by atoms with Crippen LogP contribution in [0.2, 0.25) is 0 Å². The van der Waals surface area contributed by atoms with E-state index in [1.807, 2.05) is 46.8 Å². The van der Waals surface area contributed by atoms with Gasteiger partial charge in [-0.05, 0) is 69.5 Å². The zero-order valence-corrected chi connectivity index (χ0v) is 20.6. The number of ether oxygens (including phenoxy) is 3. The Morgan fingerprint density at radius 3 is 2.16 bits per heavy atom. The Kier molecular flexibility index (Phi) is 7.05. The normalized spacial score (nSPS) is 19.6. The van der Waals surface area contributed by atoms with Crippen molar-refractivity contribution in [1.82, 2.24) is 4.31 Å². The number of benzene rings is 1. The number of amides is 1. The summed E-state index contributed by atoms with van der Waals surface area (Å²) < 4.78 is 44.0. The highest BCUT2D eigenvalue weighted by Gasteiger charge is 2.41. The predicted octanol–water partition coefficient (Wildman–Crippen LogP) is 3.81. The molecule has 2 heterocycles. The number of aryl methyl sites for hydroxylation is 2. The van der Waals surface area contributed by atoms with Crippen molar-refractivity contribution >= 4 is 27.9 Å². The van der Waals surface area contributed by atoms with Crippen LogP contribution in [0.4, 0.5) is 10.5 Å². The third-order valence-corrected chi connectivity index (χ3v) is 7.26. The fraction of sp³-hybridized carbons (Fsp3) is 0.609. The van der Waals surface area contributed by atoms with Gasteiger partial charge in [0.15, 0.2) is 5.79 Å². The van der Waals surface area contributed by atoms with E-state index in [0.29, 0.717) is 44.8 Å². The second-order valence-electron chi connectivity index (χ2n) is 9.39. The first-order chi connectivity index (χ1) is 14.8. The lowest BCUT2D eigenvalue weighted by Crippen LogP contribution is -2.46. The van der Waals surface area contributed by atoms with Crippen LogP contribution in [0.3, 0.4) is 0 Å². The zero-order valence-electron chi connectivity index (χ0n) is 19.8. The summed E-state index contributed by atoms with van der Waals surface area (Å²) >= 11 is 0. The lowest BCUT2D eigenvalue weighted by atomic mass is 10.0. The molecule has 8 nitrogen and oxygen atoms in total. The van der Waals surface area contributed by atoms with E-state index in [1.165, 1.54) is 14.6 Å². The molecule has 178 valence electrons. The number of carbonyl (C=O) groups excluding carboxylic acids is 1. The number of hydrogen-bond acceptors (Lipinski definition) is 6. The van der Waals surface area contributed by atoms with E-state index >= 15 is 0 Å². The van der Waals surface area contributed by atoms with Crippen LogP contribution in [0.15, 0.2) is 17.5 Å². The number of piperidine rings is 1. The van der Waals surface area contributed by atoms with Gasteiger partial charge in [0.1, 0.15) is 5.60 Å². The minimum absolute atomic E-state index is 0.365. The summed E-state index contributed by atoms with van der Waals surface area (Å²) in [6, 6.07) is 3.70. The van der Waals surface area contributed by atoms with Crippen molar-refractivity contribution in [3.63, 3.8) is 0 Å². The molecule has 1 amide bonds. The van der Waals surface area contributed by atoms with Gasteiger partial charge in [-0.15, -0.1) is 0 Å². The first-order valence-electron chi connectivity index (χ1n) is 10.9. The van der Waals surface area contributed by atoms with Crippen molar-refractivity contribution in [3.05, 3.63) is 34.2 Å². The molecule has 0 aromatic heterocycles. The van der Waals surface area contributed by atoms with Gasteiger partial charge < -0.3 is 14.2 Å². The van der Waals surface area contributed by atoms with Gasteiger partial charge in [-0.25, -0.2) is 13.2 Å².